The van der Waals surface area contributed by atoms with Gasteiger partial charge < -0.3 is 15.5 Å². The zero-order chi connectivity index (χ0) is 18.6. The molecule has 2 N–H and O–H groups in total. The molecule has 0 aliphatic carbocycles. The Kier molecular flexibility index (Phi) is 5.24. The van der Waals surface area contributed by atoms with Crippen molar-refractivity contribution in [2.75, 3.05) is 25.0 Å². The Morgan fingerprint density at radius 1 is 1.22 bits per heavy atom. The lowest BCUT2D eigenvalue weighted by molar-refractivity contribution is 0.644. The number of benzene rings is 1. The number of hydrogen-bond acceptors (Lipinski definition) is 4. The smallest absolute Gasteiger partial charge is 0.191 e. The highest BCUT2D eigenvalue weighted by Crippen LogP contribution is 2.28. The van der Waals surface area contributed by atoms with Crippen molar-refractivity contribution in [2.24, 2.45) is 4.99 Å². The highest BCUT2D eigenvalue weighted by Gasteiger charge is 2.24. The third-order valence-corrected chi connectivity index (χ3v) is 5.41. The van der Waals surface area contributed by atoms with Gasteiger partial charge in [0, 0.05) is 36.8 Å². The number of fused-ring (bicyclic) bond motifs is 1. The number of hydrogen-bond donors (Lipinski definition) is 2. The number of nitrogens with zero attached hydrogens (tertiary/aromatic N) is 5. The number of nitrogens with one attached hydrogen (secondary N) is 2. The van der Waals surface area contributed by atoms with E-state index in [0.29, 0.717) is 12.6 Å². The normalized spacial score (nSPS) is 17.5. The van der Waals surface area contributed by atoms with E-state index in [1.54, 1.807) is 7.05 Å². The van der Waals surface area contributed by atoms with Crippen LogP contribution in [0.5, 0.6) is 0 Å². The number of para-hydroxylation sites is 1. The van der Waals surface area contributed by atoms with Gasteiger partial charge in [-0.25, -0.2) is 0 Å². The number of rotatable bonds is 4. The summed E-state index contributed by atoms with van der Waals surface area (Å²) in [4.78, 5) is 6.75. The fraction of sp³-hybridized carbons (Fsp3) is 0.316. The second-order valence-electron chi connectivity index (χ2n) is 6.50. The number of pyridine rings is 1. The first-order valence-corrected chi connectivity index (χ1v) is 9.79. The van der Waals surface area contributed by atoms with Crippen LogP contribution in [0.25, 0.3) is 5.65 Å². The molecule has 3 aromatic rings. The Hall–Kier alpha value is -2.61. The van der Waals surface area contributed by atoms with Gasteiger partial charge in [-0.3, -0.25) is 9.39 Å². The molecule has 2 aromatic heterocycles. The SMILES string of the molecule is CN=C(NCc1nnc2ccccn12)NC1CCN(c2ccccc2Br)C1. The van der Waals surface area contributed by atoms with E-state index >= 15 is 0 Å². The third-order valence-electron chi connectivity index (χ3n) is 4.74. The fourth-order valence-electron chi connectivity index (χ4n) is 3.37. The standard InChI is InChI=1S/C19H22BrN7/c1-21-19(22-12-18-25-24-17-8-4-5-10-27(17)18)23-14-9-11-26(13-14)16-7-3-2-6-15(16)20/h2-8,10,14H,9,11-13H2,1H3,(H2,21,22,23). The first-order valence-electron chi connectivity index (χ1n) is 9.00. The minimum Gasteiger partial charge on any atom is -0.368 e. The maximum absolute atomic E-state index is 4.36. The zero-order valence-electron chi connectivity index (χ0n) is 15.1. The van der Waals surface area contributed by atoms with Crippen molar-refractivity contribution in [3.63, 3.8) is 0 Å². The van der Waals surface area contributed by atoms with Gasteiger partial charge in [-0.1, -0.05) is 18.2 Å². The summed E-state index contributed by atoms with van der Waals surface area (Å²) in [7, 11) is 1.79. The Morgan fingerprint density at radius 2 is 2.07 bits per heavy atom. The van der Waals surface area contributed by atoms with Gasteiger partial charge in [-0.05, 0) is 46.6 Å². The van der Waals surface area contributed by atoms with Crippen molar-refractivity contribution < 1.29 is 0 Å². The molecule has 27 heavy (non-hydrogen) atoms. The van der Waals surface area contributed by atoms with Crippen LogP contribution in [0.3, 0.4) is 0 Å². The molecule has 0 saturated carbocycles. The minimum absolute atomic E-state index is 0.346. The molecule has 140 valence electrons. The highest BCUT2D eigenvalue weighted by molar-refractivity contribution is 9.10. The number of halogens is 1. The van der Waals surface area contributed by atoms with E-state index in [2.05, 4.69) is 64.9 Å². The van der Waals surface area contributed by atoms with Crippen molar-refractivity contribution in [3.05, 3.63) is 59.0 Å². The molecular formula is C19H22BrN7. The van der Waals surface area contributed by atoms with Gasteiger partial charge in [0.1, 0.15) is 0 Å². The monoisotopic (exact) mass is 427 g/mol. The van der Waals surface area contributed by atoms with E-state index in [0.717, 1.165) is 41.4 Å². The number of guanidine groups is 1. The molecule has 0 spiro atoms. The lowest BCUT2D eigenvalue weighted by Gasteiger charge is -2.21. The maximum atomic E-state index is 4.36. The largest absolute Gasteiger partial charge is 0.368 e. The number of anilines is 1. The Bertz CT molecular complexity index is 952. The molecular weight excluding hydrogens is 406 g/mol. The van der Waals surface area contributed by atoms with Crippen LogP contribution >= 0.6 is 15.9 Å². The van der Waals surface area contributed by atoms with Crippen LogP contribution in [0, 0.1) is 0 Å². The van der Waals surface area contributed by atoms with Crippen LogP contribution in [0.15, 0.2) is 58.1 Å². The van der Waals surface area contributed by atoms with Crippen molar-refractivity contribution in [1.82, 2.24) is 25.2 Å². The van der Waals surface area contributed by atoms with Crippen LogP contribution in [0.2, 0.25) is 0 Å². The van der Waals surface area contributed by atoms with Crippen molar-refractivity contribution in [3.8, 4) is 0 Å². The maximum Gasteiger partial charge on any atom is 0.191 e. The molecule has 8 heteroatoms. The summed E-state index contributed by atoms with van der Waals surface area (Å²) in [5.41, 5.74) is 2.08. The molecule has 1 aromatic carbocycles. The fourth-order valence-corrected chi connectivity index (χ4v) is 3.90. The molecule has 1 unspecified atom stereocenters. The Balaban J connectivity index is 1.35. The molecule has 0 bridgehead atoms. The summed E-state index contributed by atoms with van der Waals surface area (Å²) in [5, 5.41) is 15.3. The molecule has 0 amide bonds. The second-order valence-corrected chi connectivity index (χ2v) is 7.35. The third kappa shape index (κ3) is 3.90. The molecule has 0 radical (unpaired) electrons. The first-order chi connectivity index (χ1) is 13.2. The van der Waals surface area contributed by atoms with Crippen LogP contribution in [0.4, 0.5) is 5.69 Å². The first kappa shape index (κ1) is 17.8. The molecule has 1 saturated heterocycles. The van der Waals surface area contributed by atoms with E-state index in [-0.39, 0.29) is 0 Å². The summed E-state index contributed by atoms with van der Waals surface area (Å²) in [6.45, 7) is 2.52. The molecule has 4 rings (SSSR count). The van der Waals surface area contributed by atoms with Crippen LogP contribution in [-0.2, 0) is 6.54 Å². The zero-order valence-corrected chi connectivity index (χ0v) is 16.7. The van der Waals surface area contributed by atoms with Crippen LogP contribution in [0.1, 0.15) is 12.2 Å². The van der Waals surface area contributed by atoms with Gasteiger partial charge in [0.05, 0.1) is 12.2 Å². The van der Waals surface area contributed by atoms with Gasteiger partial charge in [0.25, 0.3) is 0 Å². The molecule has 3 heterocycles. The number of aromatic nitrogens is 3. The summed E-state index contributed by atoms with van der Waals surface area (Å²) in [6, 6.07) is 14.6. The van der Waals surface area contributed by atoms with E-state index in [1.807, 2.05) is 34.9 Å². The Labute approximate surface area is 166 Å². The molecule has 1 fully saturated rings. The Morgan fingerprint density at radius 3 is 2.93 bits per heavy atom. The predicted molar refractivity (Wildman–Crippen MR) is 111 cm³/mol. The minimum atomic E-state index is 0.346. The quantitative estimate of drug-likeness (QED) is 0.494. The highest BCUT2D eigenvalue weighted by atomic mass is 79.9. The van der Waals surface area contributed by atoms with Crippen molar-refractivity contribution >= 4 is 33.2 Å². The predicted octanol–water partition coefficient (Wildman–Crippen LogP) is 2.44. The van der Waals surface area contributed by atoms with Gasteiger partial charge >= 0.3 is 0 Å². The van der Waals surface area contributed by atoms with Gasteiger partial charge in [0.15, 0.2) is 17.4 Å². The van der Waals surface area contributed by atoms with E-state index in [4.69, 9.17) is 0 Å². The van der Waals surface area contributed by atoms with Gasteiger partial charge in [-0.15, -0.1) is 10.2 Å². The van der Waals surface area contributed by atoms with Crippen molar-refractivity contribution in [2.45, 2.75) is 19.0 Å². The topological polar surface area (TPSA) is 69.8 Å². The van der Waals surface area contributed by atoms with Crippen LogP contribution < -0.4 is 15.5 Å². The second kappa shape index (κ2) is 7.96. The summed E-state index contributed by atoms with van der Waals surface area (Å²) in [6.07, 6.45) is 3.03. The van der Waals surface area contributed by atoms with E-state index in [9.17, 15) is 0 Å². The average Bonchev–Trinajstić information content (AvgIpc) is 3.32. The molecule has 7 nitrogen and oxygen atoms in total. The summed E-state index contributed by atoms with van der Waals surface area (Å²) in [5.74, 6) is 1.64. The average molecular weight is 428 g/mol. The van der Waals surface area contributed by atoms with Crippen LogP contribution in [-0.4, -0.2) is 46.7 Å². The number of aliphatic imine (C=N–C) groups is 1. The lowest BCUT2D eigenvalue weighted by atomic mass is 10.3. The van der Waals surface area contributed by atoms with E-state index in [1.165, 1.54) is 5.69 Å². The summed E-state index contributed by atoms with van der Waals surface area (Å²) >= 11 is 3.64. The van der Waals surface area contributed by atoms with Crippen molar-refractivity contribution in [1.29, 1.82) is 0 Å². The lowest BCUT2D eigenvalue weighted by Crippen LogP contribution is -2.44. The van der Waals surface area contributed by atoms with Gasteiger partial charge in [-0.2, -0.15) is 0 Å². The van der Waals surface area contributed by atoms with E-state index < -0.39 is 0 Å². The molecule has 1 atom stereocenters. The molecule has 1 aliphatic heterocycles. The van der Waals surface area contributed by atoms with Gasteiger partial charge in [0.2, 0.25) is 0 Å². The molecule has 1 aliphatic rings. The summed E-state index contributed by atoms with van der Waals surface area (Å²) < 4.78 is 3.11.